The van der Waals surface area contributed by atoms with Crippen molar-refractivity contribution in [1.82, 2.24) is 0 Å². The molecule has 1 atom stereocenters. The van der Waals surface area contributed by atoms with E-state index in [-0.39, 0.29) is 48.4 Å². The molecule has 2 aromatic rings. The van der Waals surface area contributed by atoms with Crippen LogP contribution in [0, 0.1) is 37.7 Å². The molecule has 14 heteroatoms. The van der Waals surface area contributed by atoms with E-state index < -0.39 is 44.9 Å². The van der Waals surface area contributed by atoms with Crippen molar-refractivity contribution in [3.8, 4) is 0 Å². The summed E-state index contributed by atoms with van der Waals surface area (Å²) < 4.78 is 42.3. The average Bonchev–Trinajstić information content (AvgIpc) is 2.69. The van der Waals surface area contributed by atoms with Gasteiger partial charge >= 0.3 is 41.7 Å². The number of esters is 1. The van der Waals surface area contributed by atoms with E-state index in [1.165, 1.54) is 20.1 Å². The van der Waals surface area contributed by atoms with E-state index in [0.29, 0.717) is 12.1 Å². The van der Waals surface area contributed by atoms with Gasteiger partial charge in [-0.25, -0.2) is 13.2 Å². The Kier molecular flexibility index (Phi) is 14.4. The van der Waals surface area contributed by atoms with Gasteiger partial charge in [0.25, 0.3) is 11.4 Å². The third-order valence-electron chi connectivity index (χ3n) is 3.33. The van der Waals surface area contributed by atoms with Crippen LogP contribution >= 0.6 is 0 Å². The van der Waals surface area contributed by atoms with Gasteiger partial charge in [-0.15, -0.1) is 0 Å². The number of carbonyl (C=O) groups is 1. The standard InChI is InChI=1S/C10H10FNO4.C6H3F2NO2.CO2.Na.H/c1-6(10(13)16-2)8-4-3-7(12(14)15)5-9(8)11;7-5-2-1-4(9(10)11)3-6(5)8;2-1-3;;/h3-6H,1-2H3;1-3H;;;/q;;;+1;-1. The molecule has 0 saturated heterocycles. The number of benzene rings is 2. The van der Waals surface area contributed by atoms with Crippen LogP contribution in [0.5, 0.6) is 0 Å². The van der Waals surface area contributed by atoms with Gasteiger partial charge in [0.05, 0.1) is 35.0 Å². The van der Waals surface area contributed by atoms with E-state index in [1.807, 2.05) is 0 Å². The molecule has 10 nitrogen and oxygen atoms in total. The predicted molar refractivity (Wildman–Crippen MR) is 92.6 cm³/mol. The maximum atomic E-state index is 13.4. The molecule has 2 aromatic carbocycles. The number of nitro groups is 2. The molecule has 0 fully saturated rings. The van der Waals surface area contributed by atoms with Crippen LogP contribution < -0.4 is 29.6 Å². The van der Waals surface area contributed by atoms with Gasteiger partial charge in [0.15, 0.2) is 11.6 Å². The van der Waals surface area contributed by atoms with E-state index in [4.69, 9.17) is 9.59 Å². The molecule has 0 bridgehead atoms. The maximum Gasteiger partial charge on any atom is 1.00 e. The van der Waals surface area contributed by atoms with Crippen LogP contribution in [-0.2, 0) is 19.1 Å². The van der Waals surface area contributed by atoms with E-state index in [2.05, 4.69) is 4.74 Å². The van der Waals surface area contributed by atoms with E-state index in [0.717, 1.165) is 18.2 Å². The molecule has 2 rings (SSSR count). The summed E-state index contributed by atoms with van der Waals surface area (Å²) >= 11 is 0. The van der Waals surface area contributed by atoms with Gasteiger partial charge in [0, 0.05) is 17.7 Å². The zero-order valence-electron chi connectivity index (χ0n) is 17.3. The smallest absolute Gasteiger partial charge is 1.00 e. The second-order valence-electron chi connectivity index (χ2n) is 5.15. The average molecular weight is 454 g/mol. The first-order valence-corrected chi connectivity index (χ1v) is 7.60. The monoisotopic (exact) mass is 454 g/mol. The Morgan fingerprint density at radius 1 is 0.968 bits per heavy atom. The van der Waals surface area contributed by atoms with Crippen LogP contribution in [0.4, 0.5) is 24.5 Å². The van der Waals surface area contributed by atoms with E-state index in [1.54, 1.807) is 0 Å². The zero-order chi connectivity index (χ0) is 23.4. The summed E-state index contributed by atoms with van der Waals surface area (Å²) in [5.74, 6) is -4.46. The number of ether oxygens (including phenoxy) is 1. The van der Waals surface area contributed by atoms with Crippen LogP contribution in [-0.4, -0.2) is 29.1 Å². The summed E-state index contributed by atoms with van der Waals surface area (Å²) in [6, 6.07) is 5.31. The first kappa shape index (κ1) is 30.1. The zero-order valence-corrected chi connectivity index (χ0v) is 18.3. The Bertz CT molecular complexity index is 975. The minimum atomic E-state index is -1.21. The molecule has 0 aliphatic heterocycles. The van der Waals surface area contributed by atoms with Crippen molar-refractivity contribution in [1.29, 1.82) is 0 Å². The molecule has 162 valence electrons. The van der Waals surface area contributed by atoms with Gasteiger partial charge in [0.2, 0.25) is 0 Å². The second kappa shape index (κ2) is 14.8. The molecule has 0 amide bonds. The predicted octanol–water partition coefficient (Wildman–Crippen LogP) is 0.416. The fourth-order valence-corrected chi connectivity index (χ4v) is 1.88. The summed E-state index contributed by atoms with van der Waals surface area (Å²) in [5, 5.41) is 20.4. The Morgan fingerprint density at radius 3 is 1.74 bits per heavy atom. The van der Waals surface area contributed by atoms with Gasteiger partial charge < -0.3 is 6.16 Å². The van der Waals surface area contributed by atoms with Crippen LogP contribution in [0.25, 0.3) is 0 Å². The van der Waals surface area contributed by atoms with Crippen molar-refractivity contribution in [2.75, 3.05) is 7.11 Å². The van der Waals surface area contributed by atoms with Gasteiger partial charge in [-0.3, -0.25) is 25.0 Å². The van der Waals surface area contributed by atoms with Crippen molar-refractivity contribution in [3.63, 3.8) is 0 Å². The molecule has 0 aromatic heterocycles. The van der Waals surface area contributed by atoms with Gasteiger partial charge in [-0.1, -0.05) is 0 Å². The van der Waals surface area contributed by atoms with E-state index >= 15 is 0 Å². The van der Waals surface area contributed by atoms with Crippen LogP contribution in [0.15, 0.2) is 36.4 Å². The SMILES string of the molecule is COC(=O)C(C)c1ccc([N+](=O)[O-])cc1F.O=C=O.O=[N+]([O-])c1ccc(F)c(F)c1.[H-].[Na+]. The molecule has 0 saturated carbocycles. The van der Waals surface area contributed by atoms with Gasteiger partial charge in [0.1, 0.15) is 5.82 Å². The quantitative estimate of drug-likeness (QED) is 0.279. The molecule has 0 spiro atoms. The third kappa shape index (κ3) is 9.96. The molecule has 31 heavy (non-hydrogen) atoms. The number of rotatable bonds is 4. The number of nitrogens with zero attached hydrogens (tertiary/aromatic N) is 2. The Hall–Kier alpha value is -3.12. The second-order valence-corrected chi connectivity index (χ2v) is 5.15. The molecule has 1 unspecified atom stereocenters. The summed E-state index contributed by atoms with van der Waals surface area (Å²) in [6.07, 6.45) is 0.250. The summed E-state index contributed by atoms with van der Waals surface area (Å²) in [4.78, 5) is 46.3. The Morgan fingerprint density at radius 2 is 1.39 bits per heavy atom. The maximum absolute atomic E-state index is 13.4. The molecule has 0 aliphatic carbocycles. The number of non-ortho nitro benzene ring substituents is 2. The Labute approximate surface area is 196 Å². The van der Waals surface area contributed by atoms with Crippen LogP contribution in [0.2, 0.25) is 0 Å². The van der Waals surface area contributed by atoms with Gasteiger partial charge in [-0.2, -0.15) is 9.59 Å². The summed E-state index contributed by atoms with van der Waals surface area (Å²) in [7, 11) is 1.20. The van der Waals surface area contributed by atoms with Crippen molar-refractivity contribution in [3.05, 3.63) is 79.6 Å². The number of nitro benzene ring substituents is 2. The first-order chi connectivity index (χ1) is 14.0. The van der Waals surface area contributed by atoms with Crippen molar-refractivity contribution in [2.45, 2.75) is 12.8 Å². The van der Waals surface area contributed by atoms with Crippen molar-refractivity contribution in [2.24, 2.45) is 0 Å². The first-order valence-electron chi connectivity index (χ1n) is 7.60. The molecular formula is C17H14F3N2NaO8. The Balaban J connectivity index is -0.000000462. The normalized spacial score (nSPS) is 9.84. The van der Waals surface area contributed by atoms with Gasteiger partial charge in [-0.05, 0) is 19.1 Å². The number of methoxy groups -OCH3 is 1. The number of hydrogen-bond acceptors (Lipinski definition) is 8. The van der Waals surface area contributed by atoms with Crippen molar-refractivity contribution < 1.29 is 73.1 Å². The van der Waals surface area contributed by atoms with Crippen LogP contribution in [0.1, 0.15) is 19.8 Å². The molecule has 0 N–H and O–H groups in total. The van der Waals surface area contributed by atoms with Crippen molar-refractivity contribution >= 4 is 23.5 Å². The number of carbonyl (C=O) groups excluding carboxylic acids is 3. The third-order valence-corrected chi connectivity index (χ3v) is 3.33. The summed E-state index contributed by atoms with van der Waals surface area (Å²) in [5.41, 5.74) is -0.723. The largest absolute Gasteiger partial charge is 1.00 e. The molecule has 0 aliphatic rings. The summed E-state index contributed by atoms with van der Waals surface area (Å²) in [6.45, 7) is 1.47. The number of hydrogen-bond donors (Lipinski definition) is 0. The molecule has 0 heterocycles. The minimum Gasteiger partial charge on any atom is -1.00 e. The van der Waals surface area contributed by atoms with E-state index in [9.17, 15) is 38.2 Å². The topological polar surface area (TPSA) is 147 Å². The fourth-order valence-electron chi connectivity index (χ4n) is 1.88. The molecular weight excluding hydrogens is 440 g/mol. The molecule has 0 radical (unpaired) electrons. The minimum absolute atomic E-state index is 0. The van der Waals surface area contributed by atoms with Crippen LogP contribution in [0.3, 0.4) is 0 Å². The fraction of sp³-hybridized carbons (Fsp3) is 0.176. The number of halogens is 3.